The van der Waals surface area contributed by atoms with E-state index in [1.165, 1.54) is 19.3 Å². The predicted molar refractivity (Wildman–Crippen MR) is 66.8 cm³/mol. The molecule has 3 aliphatic carbocycles. The lowest BCUT2D eigenvalue weighted by molar-refractivity contribution is 0.365. The van der Waals surface area contributed by atoms with Crippen molar-refractivity contribution in [1.82, 2.24) is 9.97 Å². The standard InChI is InChI=1S/C14H19N3O/c1-18-14-13(16-4-5-17-14)12(15)11-9-7-2-3-8(6-7)10(9)11/h4-5,7-12H,2-3,6,15H2,1H3. The van der Waals surface area contributed by atoms with Crippen LogP contribution in [0.4, 0.5) is 0 Å². The van der Waals surface area contributed by atoms with E-state index in [0.717, 1.165) is 29.4 Å². The number of ether oxygens (including phenoxy) is 1. The van der Waals surface area contributed by atoms with Gasteiger partial charge in [-0.25, -0.2) is 4.98 Å². The van der Waals surface area contributed by atoms with Gasteiger partial charge in [-0.1, -0.05) is 0 Å². The largest absolute Gasteiger partial charge is 0.480 e. The maximum atomic E-state index is 6.44. The molecule has 0 saturated heterocycles. The number of nitrogens with zero attached hydrogens (tertiary/aromatic N) is 2. The first-order chi connectivity index (χ1) is 8.81. The normalized spacial score (nSPS) is 41.6. The molecule has 3 aliphatic rings. The molecule has 5 atom stereocenters. The minimum atomic E-state index is 0.00653. The van der Waals surface area contributed by atoms with E-state index in [1.807, 2.05) is 0 Å². The van der Waals surface area contributed by atoms with Gasteiger partial charge in [-0.2, -0.15) is 0 Å². The van der Waals surface area contributed by atoms with Crippen LogP contribution < -0.4 is 10.5 Å². The fraction of sp³-hybridized carbons (Fsp3) is 0.714. The molecule has 0 aliphatic heterocycles. The van der Waals surface area contributed by atoms with Crippen LogP contribution in [0.25, 0.3) is 0 Å². The first-order valence-electron chi connectivity index (χ1n) is 6.91. The zero-order valence-electron chi connectivity index (χ0n) is 10.6. The highest BCUT2D eigenvalue weighted by Crippen LogP contribution is 2.71. The third kappa shape index (κ3) is 1.30. The van der Waals surface area contributed by atoms with E-state index >= 15 is 0 Å². The molecule has 0 aromatic carbocycles. The van der Waals surface area contributed by atoms with Gasteiger partial charge < -0.3 is 10.5 Å². The lowest BCUT2D eigenvalue weighted by atomic mass is 9.96. The van der Waals surface area contributed by atoms with Crippen molar-refractivity contribution in [2.24, 2.45) is 35.3 Å². The Kier molecular flexibility index (Phi) is 2.19. The molecule has 4 rings (SSSR count). The van der Waals surface area contributed by atoms with E-state index in [1.54, 1.807) is 19.5 Å². The van der Waals surface area contributed by atoms with Crippen molar-refractivity contribution >= 4 is 0 Å². The molecule has 4 nitrogen and oxygen atoms in total. The summed E-state index contributed by atoms with van der Waals surface area (Å²) in [7, 11) is 1.64. The second kappa shape index (κ2) is 3.67. The molecule has 2 N–H and O–H groups in total. The summed E-state index contributed by atoms with van der Waals surface area (Å²) in [5, 5.41) is 0. The lowest BCUT2D eigenvalue weighted by Crippen LogP contribution is -2.20. The predicted octanol–water partition coefficient (Wildman–Crippen LogP) is 1.78. The molecule has 0 spiro atoms. The Balaban J connectivity index is 1.60. The van der Waals surface area contributed by atoms with Crippen LogP contribution in [0, 0.1) is 29.6 Å². The number of rotatable bonds is 3. The van der Waals surface area contributed by atoms with E-state index in [4.69, 9.17) is 10.5 Å². The summed E-state index contributed by atoms with van der Waals surface area (Å²) in [6.45, 7) is 0. The Bertz CT molecular complexity index is 462. The molecular formula is C14H19N3O. The Morgan fingerprint density at radius 2 is 1.89 bits per heavy atom. The van der Waals surface area contributed by atoms with Gasteiger partial charge >= 0.3 is 0 Å². The Morgan fingerprint density at radius 3 is 2.56 bits per heavy atom. The van der Waals surface area contributed by atoms with Crippen LogP contribution in [-0.4, -0.2) is 17.1 Å². The van der Waals surface area contributed by atoms with E-state index in [-0.39, 0.29) is 6.04 Å². The molecule has 1 heterocycles. The minimum Gasteiger partial charge on any atom is -0.480 e. The summed E-state index contributed by atoms with van der Waals surface area (Å²) in [6, 6.07) is 0.00653. The quantitative estimate of drug-likeness (QED) is 0.881. The Hall–Kier alpha value is -1.16. The molecule has 96 valence electrons. The number of nitrogens with two attached hydrogens (primary N) is 1. The topological polar surface area (TPSA) is 61.0 Å². The monoisotopic (exact) mass is 245 g/mol. The fourth-order valence-corrected chi connectivity index (χ4v) is 4.78. The van der Waals surface area contributed by atoms with Crippen molar-refractivity contribution in [2.75, 3.05) is 7.11 Å². The summed E-state index contributed by atoms with van der Waals surface area (Å²) in [6.07, 6.45) is 7.67. The highest BCUT2D eigenvalue weighted by Gasteiger charge is 2.66. The lowest BCUT2D eigenvalue weighted by Gasteiger charge is -2.17. The van der Waals surface area contributed by atoms with Crippen LogP contribution in [0.2, 0.25) is 0 Å². The summed E-state index contributed by atoms with van der Waals surface area (Å²) in [4.78, 5) is 8.61. The van der Waals surface area contributed by atoms with Crippen molar-refractivity contribution in [2.45, 2.75) is 25.3 Å². The van der Waals surface area contributed by atoms with Gasteiger partial charge in [-0.3, -0.25) is 4.98 Å². The summed E-state index contributed by atoms with van der Waals surface area (Å²) in [5.41, 5.74) is 7.28. The highest BCUT2D eigenvalue weighted by atomic mass is 16.5. The van der Waals surface area contributed by atoms with Gasteiger partial charge in [0.25, 0.3) is 0 Å². The number of hydrogen-bond acceptors (Lipinski definition) is 4. The van der Waals surface area contributed by atoms with Gasteiger partial charge in [0.05, 0.1) is 13.2 Å². The molecule has 2 bridgehead atoms. The van der Waals surface area contributed by atoms with Gasteiger partial charge in [0.15, 0.2) is 0 Å². The average molecular weight is 245 g/mol. The fourth-order valence-electron chi connectivity index (χ4n) is 4.78. The van der Waals surface area contributed by atoms with Crippen molar-refractivity contribution in [1.29, 1.82) is 0 Å². The maximum absolute atomic E-state index is 6.44. The molecule has 0 radical (unpaired) electrons. The summed E-state index contributed by atoms with van der Waals surface area (Å²) < 4.78 is 5.28. The van der Waals surface area contributed by atoms with Gasteiger partial charge in [0.2, 0.25) is 5.88 Å². The van der Waals surface area contributed by atoms with Crippen LogP contribution in [0.1, 0.15) is 31.0 Å². The van der Waals surface area contributed by atoms with Gasteiger partial charge in [0.1, 0.15) is 5.69 Å². The third-order valence-electron chi connectivity index (χ3n) is 5.41. The molecule has 4 heteroatoms. The second-order valence-electron chi connectivity index (χ2n) is 6.04. The zero-order valence-corrected chi connectivity index (χ0v) is 10.6. The Morgan fingerprint density at radius 1 is 1.22 bits per heavy atom. The van der Waals surface area contributed by atoms with Crippen molar-refractivity contribution in [3.05, 3.63) is 18.1 Å². The van der Waals surface area contributed by atoms with Crippen LogP contribution in [0.3, 0.4) is 0 Å². The molecule has 3 saturated carbocycles. The van der Waals surface area contributed by atoms with E-state index in [0.29, 0.717) is 11.8 Å². The zero-order chi connectivity index (χ0) is 12.3. The Labute approximate surface area is 107 Å². The van der Waals surface area contributed by atoms with Crippen molar-refractivity contribution in [3.8, 4) is 5.88 Å². The van der Waals surface area contributed by atoms with E-state index in [2.05, 4.69) is 9.97 Å². The van der Waals surface area contributed by atoms with E-state index in [9.17, 15) is 0 Å². The van der Waals surface area contributed by atoms with Gasteiger partial charge in [0, 0.05) is 12.4 Å². The number of hydrogen-bond donors (Lipinski definition) is 1. The molecule has 0 amide bonds. The minimum absolute atomic E-state index is 0.00653. The third-order valence-corrected chi connectivity index (χ3v) is 5.41. The maximum Gasteiger partial charge on any atom is 0.236 e. The van der Waals surface area contributed by atoms with Crippen LogP contribution in [0.15, 0.2) is 12.4 Å². The average Bonchev–Trinajstić information content (AvgIpc) is 2.85. The summed E-state index contributed by atoms with van der Waals surface area (Å²) in [5.74, 6) is 4.84. The first-order valence-corrected chi connectivity index (χ1v) is 6.91. The molecule has 3 fully saturated rings. The summed E-state index contributed by atoms with van der Waals surface area (Å²) >= 11 is 0. The van der Waals surface area contributed by atoms with Crippen LogP contribution in [0.5, 0.6) is 5.88 Å². The SMILES string of the molecule is COc1nccnc1C(N)C1C2C3CCC(C3)C21. The smallest absolute Gasteiger partial charge is 0.236 e. The van der Waals surface area contributed by atoms with Crippen molar-refractivity contribution < 1.29 is 4.74 Å². The van der Waals surface area contributed by atoms with Crippen LogP contribution in [-0.2, 0) is 0 Å². The van der Waals surface area contributed by atoms with E-state index < -0.39 is 0 Å². The number of fused-ring (bicyclic) bond motifs is 5. The molecule has 1 aromatic rings. The number of methoxy groups -OCH3 is 1. The highest BCUT2D eigenvalue weighted by molar-refractivity contribution is 5.27. The molecule has 1 aromatic heterocycles. The van der Waals surface area contributed by atoms with Gasteiger partial charge in [-0.15, -0.1) is 0 Å². The second-order valence-corrected chi connectivity index (χ2v) is 6.04. The van der Waals surface area contributed by atoms with Crippen LogP contribution >= 0.6 is 0 Å². The molecular weight excluding hydrogens is 226 g/mol. The first kappa shape index (κ1) is 10.7. The molecule has 5 unspecified atom stereocenters. The van der Waals surface area contributed by atoms with Gasteiger partial charge in [-0.05, 0) is 48.9 Å². The molecule has 18 heavy (non-hydrogen) atoms. The number of aromatic nitrogens is 2. The van der Waals surface area contributed by atoms with Crippen molar-refractivity contribution in [3.63, 3.8) is 0 Å².